The van der Waals surface area contributed by atoms with Crippen LogP contribution in [-0.4, -0.2) is 35.9 Å². The molecule has 5 nitrogen and oxygen atoms in total. The first kappa shape index (κ1) is 22.5. The van der Waals surface area contributed by atoms with Gasteiger partial charge in [0.05, 0.1) is 13.5 Å². The fraction of sp³-hybridized carbons (Fsp3) is 0.417. The molecule has 29 heavy (non-hydrogen) atoms. The zero-order valence-electron chi connectivity index (χ0n) is 18.1. The highest BCUT2D eigenvalue weighted by atomic mass is 16.5. The van der Waals surface area contributed by atoms with Crippen LogP contribution in [0.2, 0.25) is 0 Å². The molecule has 2 rings (SSSR count). The maximum atomic E-state index is 13.2. The van der Waals surface area contributed by atoms with Crippen molar-refractivity contribution in [3.8, 4) is 5.75 Å². The quantitative estimate of drug-likeness (QED) is 0.700. The second-order valence-corrected chi connectivity index (χ2v) is 7.62. The fourth-order valence-electron chi connectivity index (χ4n) is 3.21. The number of carbonyl (C=O) groups is 2. The molecule has 0 fully saturated rings. The molecule has 0 radical (unpaired) electrons. The van der Waals surface area contributed by atoms with Gasteiger partial charge in [-0.2, -0.15) is 0 Å². The van der Waals surface area contributed by atoms with Crippen LogP contribution in [0.15, 0.2) is 48.5 Å². The number of nitrogens with one attached hydrogen (secondary N) is 1. The second-order valence-electron chi connectivity index (χ2n) is 7.62. The summed E-state index contributed by atoms with van der Waals surface area (Å²) in [5.41, 5.74) is 3.06. The third-order valence-corrected chi connectivity index (χ3v) is 4.80. The largest absolute Gasteiger partial charge is 0.497 e. The van der Waals surface area contributed by atoms with E-state index in [9.17, 15) is 9.59 Å². The molecule has 0 saturated carbocycles. The van der Waals surface area contributed by atoms with Crippen LogP contribution in [0, 0.1) is 6.92 Å². The highest BCUT2D eigenvalue weighted by Gasteiger charge is 2.28. The van der Waals surface area contributed by atoms with E-state index in [-0.39, 0.29) is 24.3 Å². The van der Waals surface area contributed by atoms with Crippen LogP contribution in [0.25, 0.3) is 0 Å². The number of amides is 2. The van der Waals surface area contributed by atoms with Crippen molar-refractivity contribution in [1.82, 2.24) is 10.2 Å². The number of methoxy groups -OCH3 is 1. The SMILES string of the molecule is CC[C@H](C(=O)NC(C)C)N(Cc1ccc(C)cc1)C(=O)Cc1ccc(OC)cc1. The molecule has 0 aliphatic heterocycles. The minimum Gasteiger partial charge on any atom is -0.497 e. The van der Waals surface area contributed by atoms with Gasteiger partial charge in [-0.1, -0.05) is 48.9 Å². The van der Waals surface area contributed by atoms with Crippen molar-refractivity contribution in [3.05, 3.63) is 65.2 Å². The summed E-state index contributed by atoms with van der Waals surface area (Å²) >= 11 is 0. The Bertz CT molecular complexity index is 798. The van der Waals surface area contributed by atoms with Gasteiger partial charge in [0.15, 0.2) is 0 Å². The molecule has 0 aliphatic rings. The lowest BCUT2D eigenvalue weighted by Gasteiger charge is -2.31. The molecule has 2 aromatic carbocycles. The number of benzene rings is 2. The smallest absolute Gasteiger partial charge is 0.243 e. The van der Waals surface area contributed by atoms with Gasteiger partial charge in [0.1, 0.15) is 11.8 Å². The van der Waals surface area contributed by atoms with Crippen LogP contribution < -0.4 is 10.1 Å². The van der Waals surface area contributed by atoms with Crippen LogP contribution in [0.5, 0.6) is 5.75 Å². The lowest BCUT2D eigenvalue weighted by Crippen LogP contribution is -2.50. The predicted molar refractivity (Wildman–Crippen MR) is 116 cm³/mol. The van der Waals surface area contributed by atoms with E-state index in [0.717, 1.165) is 22.4 Å². The molecule has 1 N–H and O–H groups in total. The standard InChI is InChI=1S/C24H32N2O3/c1-6-22(24(28)25-17(2)3)26(16-20-9-7-18(4)8-10-20)23(27)15-19-11-13-21(29-5)14-12-19/h7-14,17,22H,6,15-16H2,1-5H3,(H,25,28)/t22-/m1/s1. The Morgan fingerprint density at radius 1 is 1.00 bits per heavy atom. The van der Waals surface area contributed by atoms with Gasteiger partial charge in [-0.3, -0.25) is 9.59 Å². The average molecular weight is 397 g/mol. The van der Waals surface area contributed by atoms with Gasteiger partial charge in [-0.25, -0.2) is 0 Å². The summed E-state index contributed by atoms with van der Waals surface area (Å²) in [6.07, 6.45) is 0.792. The molecule has 0 aliphatic carbocycles. The Morgan fingerprint density at radius 3 is 2.10 bits per heavy atom. The van der Waals surface area contributed by atoms with Crippen molar-refractivity contribution in [2.24, 2.45) is 0 Å². The maximum Gasteiger partial charge on any atom is 0.243 e. The lowest BCUT2D eigenvalue weighted by molar-refractivity contribution is -0.141. The summed E-state index contributed by atoms with van der Waals surface area (Å²) in [5, 5.41) is 2.95. The number of rotatable bonds is 9. The summed E-state index contributed by atoms with van der Waals surface area (Å²) in [6.45, 7) is 8.22. The van der Waals surface area contributed by atoms with Gasteiger partial charge >= 0.3 is 0 Å². The van der Waals surface area contributed by atoms with Crippen molar-refractivity contribution in [3.63, 3.8) is 0 Å². The van der Waals surface area contributed by atoms with E-state index in [0.29, 0.717) is 13.0 Å². The van der Waals surface area contributed by atoms with Gasteiger partial charge < -0.3 is 15.0 Å². The number of carbonyl (C=O) groups excluding carboxylic acids is 2. The predicted octanol–water partition coefficient (Wildman–Crippen LogP) is 3.88. The Kier molecular flexibility index (Phi) is 8.25. The van der Waals surface area contributed by atoms with Crippen LogP contribution >= 0.6 is 0 Å². The fourth-order valence-corrected chi connectivity index (χ4v) is 3.21. The highest BCUT2D eigenvalue weighted by molar-refractivity contribution is 5.88. The van der Waals surface area contributed by atoms with Gasteiger partial charge in [0, 0.05) is 12.6 Å². The molecule has 2 amide bonds. The van der Waals surface area contributed by atoms with E-state index in [1.54, 1.807) is 12.0 Å². The van der Waals surface area contributed by atoms with E-state index in [2.05, 4.69) is 5.32 Å². The summed E-state index contributed by atoms with van der Waals surface area (Å²) in [4.78, 5) is 27.7. The van der Waals surface area contributed by atoms with Crippen LogP contribution in [-0.2, 0) is 22.6 Å². The molecular formula is C24H32N2O3. The molecule has 0 unspecified atom stereocenters. The normalized spacial score (nSPS) is 11.8. The van der Waals surface area contributed by atoms with E-state index in [4.69, 9.17) is 4.74 Å². The summed E-state index contributed by atoms with van der Waals surface area (Å²) in [7, 11) is 1.61. The first-order valence-corrected chi connectivity index (χ1v) is 10.1. The molecule has 0 heterocycles. The molecule has 156 valence electrons. The molecular weight excluding hydrogens is 364 g/mol. The van der Waals surface area contributed by atoms with E-state index in [1.807, 2.05) is 76.2 Å². The number of ether oxygens (including phenoxy) is 1. The van der Waals surface area contributed by atoms with Gasteiger partial charge in [-0.05, 0) is 50.5 Å². The Morgan fingerprint density at radius 2 is 1.59 bits per heavy atom. The van der Waals surface area contributed by atoms with Crippen molar-refractivity contribution in [1.29, 1.82) is 0 Å². The molecule has 5 heteroatoms. The molecule has 2 aromatic rings. The molecule has 0 saturated heterocycles. The zero-order valence-corrected chi connectivity index (χ0v) is 18.1. The maximum absolute atomic E-state index is 13.2. The highest BCUT2D eigenvalue weighted by Crippen LogP contribution is 2.17. The summed E-state index contributed by atoms with van der Waals surface area (Å²) < 4.78 is 5.19. The Balaban J connectivity index is 2.26. The third-order valence-electron chi connectivity index (χ3n) is 4.80. The van der Waals surface area contributed by atoms with Crippen molar-refractivity contribution in [2.75, 3.05) is 7.11 Å². The number of hydrogen-bond acceptors (Lipinski definition) is 3. The van der Waals surface area contributed by atoms with Gasteiger partial charge in [0.25, 0.3) is 0 Å². The molecule has 0 aromatic heterocycles. The Labute approximate surface area is 174 Å². The van der Waals surface area contributed by atoms with Crippen molar-refractivity contribution in [2.45, 2.75) is 59.2 Å². The first-order valence-electron chi connectivity index (χ1n) is 10.1. The minimum atomic E-state index is -0.510. The van der Waals surface area contributed by atoms with E-state index >= 15 is 0 Å². The Hall–Kier alpha value is -2.82. The van der Waals surface area contributed by atoms with Crippen molar-refractivity contribution < 1.29 is 14.3 Å². The zero-order chi connectivity index (χ0) is 21.4. The van der Waals surface area contributed by atoms with E-state index < -0.39 is 6.04 Å². The molecule has 0 spiro atoms. The topological polar surface area (TPSA) is 58.6 Å². The van der Waals surface area contributed by atoms with Crippen LogP contribution in [0.3, 0.4) is 0 Å². The van der Waals surface area contributed by atoms with Crippen LogP contribution in [0.1, 0.15) is 43.9 Å². The number of nitrogens with zero attached hydrogens (tertiary/aromatic N) is 1. The monoisotopic (exact) mass is 396 g/mol. The van der Waals surface area contributed by atoms with Crippen LogP contribution in [0.4, 0.5) is 0 Å². The van der Waals surface area contributed by atoms with Gasteiger partial charge in [-0.15, -0.1) is 0 Å². The number of hydrogen-bond donors (Lipinski definition) is 1. The van der Waals surface area contributed by atoms with Crippen molar-refractivity contribution >= 4 is 11.8 Å². The lowest BCUT2D eigenvalue weighted by atomic mass is 10.1. The van der Waals surface area contributed by atoms with Gasteiger partial charge in [0.2, 0.25) is 11.8 Å². The molecule has 1 atom stereocenters. The third kappa shape index (κ3) is 6.63. The first-order chi connectivity index (χ1) is 13.8. The second kappa shape index (κ2) is 10.6. The average Bonchev–Trinajstić information content (AvgIpc) is 2.69. The molecule has 0 bridgehead atoms. The number of aryl methyl sites for hydroxylation is 1. The summed E-state index contributed by atoms with van der Waals surface area (Å²) in [6, 6.07) is 15.0. The minimum absolute atomic E-state index is 0.0227. The van der Waals surface area contributed by atoms with E-state index in [1.165, 1.54) is 0 Å². The summed E-state index contributed by atoms with van der Waals surface area (Å²) in [5.74, 6) is 0.569.